The molecule has 0 saturated heterocycles. The molecule has 0 aromatic heterocycles. The zero-order chi connectivity index (χ0) is 9.42. The molecule has 1 aliphatic carbocycles. The van der Waals surface area contributed by atoms with Crippen LogP contribution in [0.4, 0.5) is 4.39 Å². The summed E-state index contributed by atoms with van der Waals surface area (Å²) in [7, 11) is 0. The Kier molecular flexibility index (Phi) is 1.79. The van der Waals surface area contributed by atoms with Gasteiger partial charge in [0.1, 0.15) is 5.82 Å². The van der Waals surface area contributed by atoms with Crippen molar-refractivity contribution in [3.8, 4) is 0 Å². The van der Waals surface area contributed by atoms with E-state index in [1.54, 1.807) is 18.2 Å². The fourth-order valence-corrected chi connectivity index (χ4v) is 1.63. The maximum atomic E-state index is 13.2. The molecule has 2 nitrogen and oxygen atoms in total. The predicted molar refractivity (Wildman–Crippen MR) is 46.4 cm³/mol. The van der Waals surface area contributed by atoms with Crippen molar-refractivity contribution in [1.29, 1.82) is 0 Å². The van der Waals surface area contributed by atoms with Crippen molar-refractivity contribution in [2.75, 3.05) is 0 Å². The fraction of sp³-hybridized carbons (Fsp3) is 0.300. The molecule has 0 spiro atoms. The monoisotopic (exact) mass is 179 g/mol. The summed E-state index contributed by atoms with van der Waals surface area (Å²) in [6.45, 7) is 0. The first-order valence-electron chi connectivity index (χ1n) is 4.24. The third-order valence-corrected chi connectivity index (χ3v) is 2.46. The molecule has 0 bridgehead atoms. The summed E-state index contributed by atoms with van der Waals surface area (Å²) in [6, 6.07) is 6.53. The smallest absolute Gasteiger partial charge is 0.221 e. The van der Waals surface area contributed by atoms with E-state index >= 15 is 0 Å². The van der Waals surface area contributed by atoms with Gasteiger partial charge in [-0.2, -0.15) is 0 Å². The quantitative estimate of drug-likeness (QED) is 0.732. The number of nitrogens with two attached hydrogens (primary N) is 1. The number of halogens is 1. The van der Waals surface area contributed by atoms with Crippen LogP contribution in [0.1, 0.15) is 17.9 Å². The maximum Gasteiger partial charge on any atom is 0.221 e. The first-order chi connectivity index (χ1) is 6.20. The van der Waals surface area contributed by atoms with Gasteiger partial charge in [-0.25, -0.2) is 4.39 Å². The van der Waals surface area contributed by atoms with Crippen LogP contribution < -0.4 is 5.73 Å². The van der Waals surface area contributed by atoms with Gasteiger partial charge in [0.05, 0.1) is 0 Å². The molecular weight excluding hydrogens is 169 g/mol. The molecule has 2 rings (SSSR count). The second-order valence-electron chi connectivity index (χ2n) is 3.37. The predicted octanol–water partition coefficient (Wildman–Crippen LogP) is 1.41. The van der Waals surface area contributed by atoms with Gasteiger partial charge in [0.15, 0.2) is 0 Å². The van der Waals surface area contributed by atoms with Crippen LogP contribution in [-0.4, -0.2) is 5.91 Å². The van der Waals surface area contributed by atoms with Gasteiger partial charge < -0.3 is 5.73 Å². The van der Waals surface area contributed by atoms with Crippen molar-refractivity contribution in [3.05, 3.63) is 35.6 Å². The maximum absolute atomic E-state index is 13.2. The lowest BCUT2D eigenvalue weighted by molar-refractivity contribution is -0.119. The number of rotatable bonds is 2. The average Bonchev–Trinajstić information content (AvgIpc) is 2.84. The van der Waals surface area contributed by atoms with E-state index in [1.807, 2.05) is 0 Å². The van der Waals surface area contributed by atoms with Crippen LogP contribution in [0.25, 0.3) is 0 Å². The number of primary amides is 1. The summed E-state index contributed by atoms with van der Waals surface area (Å²) >= 11 is 0. The van der Waals surface area contributed by atoms with Gasteiger partial charge in [-0.1, -0.05) is 18.2 Å². The molecule has 3 heteroatoms. The minimum Gasteiger partial charge on any atom is -0.369 e. The molecule has 1 amide bonds. The van der Waals surface area contributed by atoms with Crippen molar-refractivity contribution in [3.63, 3.8) is 0 Å². The van der Waals surface area contributed by atoms with Gasteiger partial charge in [0.25, 0.3) is 0 Å². The lowest BCUT2D eigenvalue weighted by atomic mass is 10.1. The number of amides is 1. The van der Waals surface area contributed by atoms with E-state index in [-0.39, 0.29) is 23.6 Å². The molecule has 68 valence electrons. The molecule has 0 radical (unpaired) electrons. The average molecular weight is 179 g/mol. The Labute approximate surface area is 75.6 Å². The molecule has 1 fully saturated rings. The highest BCUT2D eigenvalue weighted by Crippen LogP contribution is 2.47. The molecular formula is C10H10FNO. The Hall–Kier alpha value is -1.38. The lowest BCUT2D eigenvalue weighted by Gasteiger charge is -1.99. The number of carbonyl (C=O) groups excluding carboxylic acids is 1. The van der Waals surface area contributed by atoms with Gasteiger partial charge in [-0.3, -0.25) is 4.79 Å². The minimum atomic E-state index is -0.326. The first-order valence-corrected chi connectivity index (χ1v) is 4.24. The van der Waals surface area contributed by atoms with Gasteiger partial charge in [-0.05, 0) is 24.0 Å². The number of hydrogen-bond donors (Lipinski definition) is 1. The van der Waals surface area contributed by atoms with Gasteiger partial charge in [0.2, 0.25) is 5.91 Å². The molecule has 0 aliphatic heterocycles. The van der Waals surface area contributed by atoms with Crippen molar-refractivity contribution in [1.82, 2.24) is 0 Å². The lowest BCUT2D eigenvalue weighted by Crippen LogP contribution is -2.13. The zero-order valence-corrected chi connectivity index (χ0v) is 7.03. The van der Waals surface area contributed by atoms with Crippen molar-refractivity contribution in [2.45, 2.75) is 12.3 Å². The van der Waals surface area contributed by atoms with Crippen LogP contribution in [0.2, 0.25) is 0 Å². The van der Waals surface area contributed by atoms with Gasteiger partial charge in [0, 0.05) is 5.92 Å². The Bertz CT molecular complexity index is 351. The van der Waals surface area contributed by atoms with E-state index in [0.717, 1.165) is 0 Å². The second kappa shape index (κ2) is 2.83. The summed E-state index contributed by atoms with van der Waals surface area (Å²) in [5, 5.41) is 0. The molecule has 1 unspecified atom stereocenters. The first kappa shape index (κ1) is 8.23. The summed E-state index contributed by atoms with van der Waals surface area (Å²) in [5.74, 6) is -0.708. The Morgan fingerprint density at radius 2 is 2.15 bits per heavy atom. The third kappa shape index (κ3) is 1.41. The third-order valence-electron chi connectivity index (χ3n) is 2.46. The van der Waals surface area contributed by atoms with E-state index < -0.39 is 0 Å². The van der Waals surface area contributed by atoms with Gasteiger partial charge in [-0.15, -0.1) is 0 Å². The molecule has 1 aromatic carbocycles. The van der Waals surface area contributed by atoms with E-state index in [4.69, 9.17) is 5.73 Å². The van der Waals surface area contributed by atoms with Crippen molar-refractivity contribution < 1.29 is 9.18 Å². The SMILES string of the molecule is NC(=O)[C@H]1CC1c1ccccc1F. The molecule has 1 aliphatic rings. The normalized spacial score (nSPS) is 25.6. The van der Waals surface area contributed by atoms with E-state index in [9.17, 15) is 9.18 Å². The molecule has 2 N–H and O–H groups in total. The van der Waals surface area contributed by atoms with E-state index in [1.165, 1.54) is 6.07 Å². The fourth-order valence-electron chi connectivity index (χ4n) is 1.63. The van der Waals surface area contributed by atoms with Crippen LogP contribution in [-0.2, 0) is 4.79 Å². The number of hydrogen-bond acceptors (Lipinski definition) is 1. The summed E-state index contributed by atoms with van der Waals surface area (Å²) < 4.78 is 13.2. The Morgan fingerprint density at radius 3 is 2.69 bits per heavy atom. The molecule has 1 aromatic rings. The highest BCUT2D eigenvalue weighted by atomic mass is 19.1. The van der Waals surface area contributed by atoms with Crippen LogP contribution in [0.5, 0.6) is 0 Å². The van der Waals surface area contributed by atoms with Crippen LogP contribution in [0.15, 0.2) is 24.3 Å². The van der Waals surface area contributed by atoms with Gasteiger partial charge >= 0.3 is 0 Å². The second-order valence-corrected chi connectivity index (χ2v) is 3.37. The topological polar surface area (TPSA) is 43.1 Å². The largest absolute Gasteiger partial charge is 0.369 e. The molecule has 1 saturated carbocycles. The zero-order valence-electron chi connectivity index (χ0n) is 7.03. The number of benzene rings is 1. The number of carbonyl (C=O) groups is 1. The molecule has 2 atom stereocenters. The van der Waals surface area contributed by atoms with E-state index in [2.05, 4.69) is 0 Å². The van der Waals surface area contributed by atoms with E-state index in [0.29, 0.717) is 12.0 Å². The standard InChI is InChI=1S/C10H10FNO/c11-9-4-2-1-3-6(9)7-5-8(7)10(12)13/h1-4,7-8H,5H2,(H2,12,13)/t7?,8-/m0/s1. The summed E-state index contributed by atoms with van der Waals surface area (Å²) in [5.41, 5.74) is 5.73. The highest BCUT2D eigenvalue weighted by Gasteiger charge is 2.43. The Morgan fingerprint density at radius 1 is 1.46 bits per heavy atom. The van der Waals surface area contributed by atoms with Crippen LogP contribution >= 0.6 is 0 Å². The molecule has 13 heavy (non-hydrogen) atoms. The molecule has 0 heterocycles. The Balaban J connectivity index is 2.21. The highest BCUT2D eigenvalue weighted by molar-refractivity contribution is 5.81. The summed E-state index contributed by atoms with van der Waals surface area (Å²) in [6.07, 6.45) is 0.691. The summed E-state index contributed by atoms with van der Waals surface area (Å²) in [4.78, 5) is 10.8. The minimum absolute atomic E-state index is 0.0127. The van der Waals surface area contributed by atoms with Crippen LogP contribution in [0, 0.1) is 11.7 Å². The van der Waals surface area contributed by atoms with Crippen molar-refractivity contribution >= 4 is 5.91 Å². The van der Waals surface area contributed by atoms with Crippen LogP contribution in [0.3, 0.4) is 0 Å². The van der Waals surface area contributed by atoms with Crippen molar-refractivity contribution in [2.24, 2.45) is 11.7 Å².